The zero-order chi connectivity index (χ0) is 14.0. The number of halogens is 1. The van der Waals surface area contributed by atoms with E-state index < -0.39 is 34.7 Å². The molecule has 0 radical (unpaired) electrons. The van der Waals surface area contributed by atoms with E-state index in [1.807, 2.05) is 0 Å². The van der Waals surface area contributed by atoms with Crippen LogP contribution in [-0.2, 0) is 24.0 Å². The molecule has 2 rings (SSSR count). The fourth-order valence-electron chi connectivity index (χ4n) is 1.81. The molecule has 1 aromatic carbocycles. The first-order chi connectivity index (χ1) is 8.93. The summed E-state index contributed by atoms with van der Waals surface area (Å²) >= 11 is 0. The van der Waals surface area contributed by atoms with Gasteiger partial charge in [-0.2, -0.15) is 13.1 Å². The van der Waals surface area contributed by atoms with E-state index in [9.17, 15) is 12.8 Å². The molecular formula is C11H14FNO5S. The van der Waals surface area contributed by atoms with Crippen molar-refractivity contribution in [1.82, 2.24) is 4.72 Å². The molecule has 1 aliphatic rings. The van der Waals surface area contributed by atoms with Crippen molar-refractivity contribution in [2.75, 3.05) is 7.11 Å². The van der Waals surface area contributed by atoms with Gasteiger partial charge in [-0.15, -0.1) is 0 Å². The summed E-state index contributed by atoms with van der Waals surface area (Å²) in [6.45, 7) is 1.59. The molecular weight excluding hydrogens is 277 g/mol. The SMILES string of the molecule is COS(=O)(=O)NC1OC(C)OC1c1ccccc1F. The van der Waals surface area contributed by atoms with E-state index in [2.05, 4.69) is 8.91 Å². The van der Waals surface area contributed by atoms with Crippen molar-refractivity contribution in [3.63, 3.8) is 0 Å². The standard InChI is InChI=1S/C11H14FNO5S/c1-7-17-10(8-5-3-4-6-9(8)12)11(18-7)13-19(14,15)16-2/h3-7,10-11,13H,1-2H3. The Hall–Kier alpha value is -1.06. The molecule has 8 heteroatoms. The maximum absolute atomic E-state index is 13.7. The molecule has 0 aromatic heterocycles. The lowest BCUT2D eigenvalue weighted by molar-refractivity contribution is -0.0525. The Morgan fingerprint density at radius 3 is 2.63 bits per heavy atom. The number of hydrogen-bond acceptors (Lipinski definition) is 5. The summed E-state index contributed by atoms with van der Waals surface area (Å²) in [5.41, 5.74) is 0.218. The third-order valence-corrected chi connectivity index (χ3v) is 3.60. The maximum atomic E-state index is 13.7. The van der Waals surface area contributed by atoms with Crippen LogP contribution < -0.4 is 4.72 Å². The Balaban J connectivity index is 2.26. The molecule has 6 nitrogen and oxygen atoms in total. The van der Waals surface area contributed by atoms with Gasteiger partial charge >= 0.3 is 10.3 Å². The van der Waals surface area contributed by atoms with Crippen LogP contribution in [0.3, 0.4) is 0 Å². The molecule has 3 unspecified atom stereocenters. The van der Waals surface area contributed by atoms with Crippen LogP contribution in [0.4, 0.5) is 4.39 Å². The van der Waals surface area contributed by atoms with Gasteiger partial charge in [0.05, 0.1) is 7.11 Å². The van der Waals surface area contributed by atoms with Gasteiger partial charge in [0.25, 0.3) is 0 Å². The highest BCUT2D eigenvalue weighted by atomic mass is 32.2. The van der Waals surface area contributed by atoms with Crippen LogP contribution in [0.2, 0.25) is 0 Å². The van der Waals surface area contributed by atoms with Gasteiger partial charge in [-0.3, -0.25) is 4.18 Å². The normalized spacial score (nSPS) is 27.6. The topological polar surface area (TPSA) is 73.9 Å². The molecule has 0 aliphatic carbocycles. The summed E-state index contributed by atoms with van der Waals surface area (Å²) in [6.07, 6.45) is -2.58. The summed E-state index contributed by atoms with van der Waals surface area (Å²) in [5, 5.41) is 0. The monoisotopic (exact) mass is 291 g/mol. The molecule has 1 heterocycles. The molecule has 0 bridgehead atoms. The van der Waals surface area contributed by atoms with Crippen molar-refractivity contribution in [3.05, 3.63) is 35.6 Å². The van der Waals surface area contributed by atoms with Crippen LogP contribution in [0.15, 0.2) is 24.3 Å². The Labute approximate surface area is 110 Å². The van der Waals surface area contributed by atoms with E-state index >= 15 is 0 Å². The minimum atomic E-state index is -3.96. The third kappa shape index (κ3) is 3.28. The van der Waals surface area contributed by atoms with Crippen LogP contribution in [0.1, 0.15) is 18.6 Å². The maximum Gasteiger partial charge on any atom is 0.337 e. The van der Waals surface area contributed by atoms with Crippen LogP contribution >= 0.6 is 0 Å². The van der Waals surface area contributed by atoms with Gasteiger partial charge in [-0.1, -0.05) is 18.2 Å². The van der Waals surface area contributed by atoms with E-state index in [0.717, 1.165) is 7.11 Å². The summed E-state index contributed by atoms with van der Waals surface area (Å²) in [7, 11) is -2.94. The number of hydrogen-bond donors (Lipinski definition) is 1. The Kier molecular flexibility index (Phi) is 4.16. The first kappa shape index (κ1) is 14.4. The van der Waals surface area contributed by atoms with E-state index in [-0.39, 0.29) is 5.56 Å². The molecule has 0 spiro atoms. The van der Waals surface area contributed by atoms with Crippen molar-refractivity contribution in [3.8, 4) is 0 Å². The van der Waals surface area contributed by atoms with Crippen LogP contribution in [0.5, 0.6) is 0 Å². The summed E-state index contributed by atoms with van der Waals surface area (Å²) < 4.78 is 53.5. The second-order valence-corrected chi connectivity index (χ2v) is 5.42. The van der Waals surface area contributed by atoms with Gasteiger partial charge < -0.3 is 9.47 Å². The molecule has 0 saturated carbocycles. The van der Waals surface area contributed by atoms with Gasteiger partial charge in [-0.25, -0.2) is 4.39 Å². The van der Waals surface area contributed by atoms with Crippen LogP contribution in [-0.4, -0.2) is 28.0 Å². The zero-order valence-corrected chi connectivity index (χ0v) is 11.2. The number of rotatable bonds is 4. The highest BCUT2D eigenvalue weighted by molar-refractivity contribution is 7.84. The molecule has 1 saturated heterocycles. The molecule has 19 heavy (non-hydrogen) atoms. The zero-order valence-electron chi connectivity index (χ0n) is 10.4. The summed E-state index contributed by atoms with van der Waals surface area (Å²) in [5.74, 6) is -0.494. The van der Waals surface area contributed by atoms with E-state index in [0.29, 0.717) is 0 Å². The predicted octanol–water partition coefficient (Wildman–Crippen LogP) is 1.07. The molecule has 1 aromatic rings. The van der Waals surface area contributed by atoms with Crippen LogP contribution in [0.25, 0.3) is 0 Å². The molecule has 1 fully saturated rings. The van der Waals surface area contributed by atoms with Crippen molar-refractivity contribution in [1.29, 1.82) is 0 Å². The lowest BCUT2D eigenvalue weighted by Gasteiger charge is -2.18. The van der Waals surface area contributed by atoms with Crippen molar-refractivity contribution >= 4 is 10.3 Å². The Morgan fingerprint density at radius 2 is 2.00 bits per heavy atom. The lowest BCUT2D eigenvalue weighted by atomic mass is 10.1. The van der Waals surface area contributed by atoms with Gasteiger partial charge in [0, 0.05) is 5.56 Å². The second-order valence-electron chi connectivity index (χ2n) is 3.94. The third-order valence-electron chi connectivity index (χ3n) is 2.64. The largest absolute Gasteiger partial charge is 0.341 e. The Morgan fingerprint density at radius 1 is 1.32 bits per heavy atom. The lowest BCUT2D eigenvalue weighted by Crippen LogP contribution is -2.38. The van der Waals surface area contributed by atoms with E-state index in [4.69, 9.17) is 9.47 Å². The minimum Gasteiger partial charge on any atom is -0.341 e. The average molecular weight is 291 g/mol. The molecule has 1 N–H and O–H groups in total. The first-order valence-corrected chi connectivity index (χ1v) is 6.97. The number of nitrogens with one attached hydrogen (secondary N) is 1. The predicted molar refractivity (Wildman–Crippen MR) is 63.6 cm³/mol. The molecule has 106 valence electrons. The summed E-state index contributed by atoms with van der Waals surface area (Å²) in [4.78, 5) is 0. The van der Waals surface area contributed by atoms with Gasteiger partial charge in [0.1, 0.15) is 11.9 Å². The van der Waals surface area contributed by atoms with Gasteiger partial charge in [0.15, 0.2) is 12.5 Å². The first-order valence-electron chi connectivity index (χ1n) is 5.56. The fraction of sp³-hybridized carbons (Fsp3) is 0.455. The van der Waals surface area contributed by atoms with Gasteiger partial charge in [0.2, 0.25) is 0 Å². The fourth-order valence-corrected chi connectivity index (χ4v) is 2.37. The van der Waals surface area contributed by atoms with Crippen molar-refractivity contribution < 1.29 is 26.5 Å². The van der Waals surface area contributed by atoms with Crippen LogP contribution in [0, 0.1) is 5.82 Å². The quantitative estimate of drug-likeness (QED) is 0.898. The number of benzene rings is 1. The molecule has 3 atom stereocenters. The number of ether oxygens (including phenoxy) is 2. The van der Waals surface area contributed by atoms with Crippen molar-refractivity contribution in [2.45, 2.75) is 25.5 Å². The smallest absolute Gasteiger partial charge is 0.337 e. The second kappa shape index (κ2) is 5.51. The van der Waals surface area contributed by atoms with Crippen molar-refractivity contribution in [2.24, 2.45) is 0 Å². The average Bonchev–Trinajstić information content (AvgIpc) is 2.70. The Bertz CT molecular complexity index is 550. The minimum absolute atomic E-state index is 0.218. The molecule has 1 aliphatic heterocycles. The highest BCUT2D eigenvalue weighted by Crippen LogP contribution is 2.32. The summed E-state index contributed by atoms with van der Waals surface area (Å²) in [6, 6.07) is 5.94. The highest BCUT2D eigenvalue weighted by Gasteiger charge is 2.39. The van der Waals surface area contributed by atoms with E-state index in [1.165, 1.54) is 18.2 Å². The van der Waals surface area contributed by atoms with E-state index in [1.54, 1.807) is 13.0 Å². The molecule has 0 amide bonds. The van der Waals surface area contributed by atoms with Gasteiger partial charge in [-0.05, 0) is 13.0 Å².